The molecule has 0 saturated heterocycles. The highest BCUT2D eigenvalue weighted by Crippen LogP contribution is 2.25. The maximum Gasteiger partial charge on any atom is 0.337 e. The Morgan fingerprint density at radius 3 is 2.84 bits per heavy atom. The summed E-state index contributed by atoms with van der Waals surface area (Å²) in [5.74, 6) is -1.78. The molecule has 0 aliphatic rings. The van der Waals surface area contributed by atoms with E-state index in [2.05, 4.69) is 9.72 Å². The monoisotopic (exact) mass is 265 g/mol. The maximum atomic E-state index is 13.8. The second-order valence-electron chi connectivity index (χ2n) is 3.98. The van der Waals surface area contributed by atoms with Crippen LogP contribution in [0.25, 0.3) is 10.9 Å². The van der Waals surface area contributed by atoms with Crippen LogP contribution in [-0.2, 0) is 9.53 Å². The number of halogens is 1. The van der Waals surface area contributed by atoms with Gasteiger partial charge in [-0.1, -0.05) is 6.07 Å². The van der Waals surface area contributed by atoms with Crippen LogP contribution in [0.3, 0.4) is 0 Å². The SMILES string of the molecule is COC(=O)C(O)C(O)c1cc2cccnc2cc1F. The number of hydrogen-bond donors (Lipinski definition) is 2. The zero-order valence-corrected chi connectivity index (χ0v) is 10.1. The molecule has 19 heavy (non-hydrogen) atoms. The summed E-state index contributed by atoms with van der Waals surface area (Å²) in [5, 5.41) is 19.9. The number of aromatic nitrogens is 1. The minimum atomic E-state index is -1.84. The van der Waals surface area contributed by atoms with Gasteiger partial charge in [-0.25, -0.2) is 9.18 Å². The molecule has 1 aromatic carbocycles. The van der Waals surface area contributed by atoms with Crippen molar-refractivity contribution in [3.63, 3.8) is 0 Å². The Kier molecular flexibility index (Phi) is 3.73. The molecule has 0 saturated carbocycles. The second kappa shape index (κ2) is 5.29. The Bertz CT molecular complexity index is 617. The van der Waals surface area contributed by atoms with Gasteiger partial charge in [0.25, 0.3) is 0 Å². The molecule has 100 valence electrons. The number of aliphatic hydroxyl groups excluding tert-OH is 2. The fraction of sp³-hybridized carbons (Fsp3) is 0.231. The van der Waals surface area contributed by atoms with Gasteiger partial charge in [0.15, 0.2) is 6.10 Å². The first-order valence-electron chi connectivity index (χ1n) is 5.52. The lowest BCUT2D eigenvalue weighted by Crippen LogP contribution is -2.29. The van der Waals surface area contributed by atoms with Crippen molar-refractivity contribution >= 4 is 16.9 Å². The van der Waals surface area contributed by atoms with Gasteiger partial charge < -0.3 is 14.9 Å². The largest absolute Gasteiger partial charge is 0.467 e. The van der Waals surface area contributed by atoms with Gasteiger partial charge in [-0.15, -0.1) is 0 Å². The number of methoxy groups -OCH3 is 1. The molecule has 0 aliphatic heterocycles. The van der Waals surface area contributed by atoms with E-state index in [1.807, 2.05) is 0 Å². The van der Waals surface area contributed by atoms with Crippen molar-refractivity contribution in [1.82, 2.24) is 4.98 Å². The number of esters is 1. The Balaban J connectivity index is 2.44. The van der Waals surface area contributed by atoms with E-state index in [1.165, 1.54) is 12.3 Å². The zero-order valence-electron chi connectivity index (χ0n) is 10.1. The predicted octanol–water partition coefficient (Wildman–Crippen LogP) is 0.941. The van der Waals surface area contributed by atoms with E-state index in [4.69, 9.17) is 0 Å². The molecule has 2 unspecified atom stereocenters. The van der Waals surface area contributed by atoms with Crippen molar-refractivity contribution < 1.29 is 24.1 Å². The number of carbonyl (C=O) groups is 1. The summed E-state index contributed by atoms with van der Waals surface area (Å²) in [6, 6.07) is 5.82. The van der Waals surface area contributed by atoms with Gasteiger partial charge in [-0.2, -0.15) is 0 Å². The van der Waals surface area contributed by atoms with Crippen LogP contribution in [0.5, 0.6) is 0 Å². The molecular weight excluding hydrogens is 253 g/mol. The third-order valence-electron chi connectivity index (χ3n) is 2.78. The minimum absolute atomic E-state index is 0.182. The van der Waals surface area contributed by atoms with Gasteiger partial charge in [0.05, 0.1) is 12.6 Å². The number of aliphatic hydroxyl groups is 2. The first kappa shape index (κ1) is 13.4. The van der Waals surface area contributed by atoms with Gasteiger partial charge in [0, 0.05) is 23.2 Å². The van der Waals surface area contributed by atoms with Crippen molar-refractivity contribution in [2.45, 2.75) is 12.2 Å². The molecule has 0 amide bonds. The summed E-state index contributed by atoms with van der Waals surface area (Å²) in [7, 11) is 1.07. The molecule has 0 spiro atoms. The molecule has 1 heterocycles. The molecule has 0 aliphatic carbocycles. The molecule has 0 fully saturated rings. The smallest absolute Gasteiger partial charge is 0.337 e. The number of ether oxygens (including phenoxy) is 1. The molecule has 0 radical (unpaired) electrons. The van der Waals surface area contributed by atoms with Crippen LogP contribution in [0.4, 0.5) is 4.39 Å². The maximum absolute atomic E-state index is 13.8. The molecule has 6 heteroatoms. The average molecular weight is 265 g/mol. The van der Waals surface area contributed by atoms with Crippen molar-refractivity contribution in [2.75, 3.05) is 7.11 Å². The molecule has 1 aromatic heterocycles. The first-order valence-corrected chi connectivity index (χ1v) is 5.52. The first-order chi connectivity index (χ1) is 9.04. The topological polar surface area (TPSA) is 79.7 Å². The Labute approximate surface area is 108 Å². The zero-order chi connectivity index (χ0) is 14.0. The van der Waals surface area contributed by atoms with Crippen LogP contribution in [0.2, 0.25) is 0 Å². The molecule has 2 aromatic rings. The van der Waals surface area contributed by atoms with Crippen molar-refractivity contribution in [3.05, 3.63) is 41.8 Å². The lowest BCUT2D eigenvalue weighted by atomic mass is 10.0. The lowest BCUT2D eigenvalue weighted by Gasteiger charge is -2.17. The number of rotatable bonds is 3. The second-order valence-corrected chi connectivity index (χ2v) is 3.98. The van der Waals surface area contributed by atoms with Crippen LogP contribution < -0.4 is 0 Å². The molecular formula is C13H12FNO4. The molecule has 2 rings (SSSR count). The lowest BCUT2D eigenvalue weighted by molar-refractivity contribution is -0.156. The third kappa shape index (κ3) is 2.54. The van der Waals surface area contributed by atoms with Crippen LogP contribution in [0, 0.1) is 5.82 Å². The van der Waals surface area contributed by atoms with E-state index >= 15 is 0 Å². The summed E-state index contributed by atoms with van der Waals surface area (Å²) in [5.41, 5.74) is 0.238. The highest BCUT2D eigenvalue weighted by atomic mass is 19.1. The van der Waals surface area contributed by atoms with E-state index in [0.717, 1.165) is 13.2 Å². The molecule has 2 atom stereocenters. The van der Waals surface area contributed by atoms with Crippen molar-refractivity contribution in [2.24, 2.45) is 0 Å². The van der Waals surface area contributed by atoms with E-state index < -0.39 is 24.0 Å². The number of carbonyl (C=O) groups excluding carboxylic acids is 1. The number of hydrogen-bond acceptors (Lipinski definition) is 5. The standard InChI is InChI=1S/C13H12FNO4/c1-19-13(18)12(17)11(16)8-5-7-3-2-4-15-10(7)6-9(8)14/h2-6,11-12,16-17H,1H3. The fourth-order valence-electron chi connectivity index (χ4n) is 1.76. The fourth-order valence-corrected chi connectivity index (χ4v) is 1.76. The molecule has 0 bridgehead atoms. The highest BCUT2D eigenvalue weighted by Gasteiger charge is 2.28. The van der Waals surface area contributed by atoms with Crippen LogP contribution in [0.15, 0.2) is 30.5 Å². The van der Waals surface area contributed by atoms with Gasteiger partial charge in [-0.3, -0.25) is 4.98 Å². The summed E-state index contributed by atoms with van der Waals surface area (Å²) in [6.07, 6.45) is -2.02. The summed E-state index contributed by atoms with van der Waals surface area (Å²) >= 11 is 0. The third-order valence-corrected chi connectivity index (χ3v) is 2.78. The van der Waals surface area contributed by atoms with Gasteiger partial charge >= 0.3 is 5.97 Å². The van der Waals surface area contributed by atoms with Gasteiger partial charge in [0.1, 0.15) is 11.9 Å². The van der Waals surface area contributed by atoms with Crippen molar-refractivity contribution in [3.8, 4) is 0 Å². The number of pyridine rings is 1. The van der Waals surface area contributed by atoms with Gasteiger partial charge in [-0.05, 0) is 12.1 Å². The average Bonchev–Trinajstić information content (AvgIpc) is 2.44. The number of fused-ring (bicyclic) bond motifs is 1. The Hall–Kier alpha value is -2.05. The van der Waals surface area contributed by atoms with Crippen molar-refractivity contribution in [1.29, 1.82) is 0 Å². The minimum Gasteiger partial charge on any atom is -0.467 e. The van der Waals surface area contributed by atoms with Crippen LogP contribution in [-0.4, -0.2) is 34.4 Å². The van der Waals surface area contributed by atoms with E-state index in [0.29, 0.717) is 10.9 Å². The van der Waals surface area contributed by atoms with Gasteiger partial charge in [0.2, 0.25) is 0 Å². The van der Waals surface area contributed by atoms with E-state index in [9.17, 15) is 19.4 Å². The van der Waals surface area contributed by atoms with E-state index in [1.54, 1.807) is 12.1 Å². The summed E-state index contributed by atoms with van der Waals surface area (Å²) in [6.45, 7) is 0. The normalized spacial score (nSPS) is 14.1. The van der Waals surface area contributed by atoms with Crippen LogP contribution in [0.1, 0.15) is 11.7 Å². The molecule has 5 nitrogen and oxygen atoms in total. The Morgan fingerprint density at radius 1 is 1.42 bits per heavy atom. The Morgan fingerprint density at radius 2 is 2.16 bits per heavy atom. The molecule has 2 N–H and O–H groups in total. The summed E-state index contributed by atoms with van der Waals surface area (Å²) < 4.78 is 18.1. The van der Waals surface area contributed by atoms with Crippen LogP contribution >= 0.6 is 0 Å². The summed E-state index contributed by atoms with van der Waals surface area (Å²) in [4.78, 5) is 15.1. The number of nitrogens with zero attached hydrogens (tertiary/aromatic N) is 1. The van der Waals surface area contributed by atoms with E-state index in [-0.39, 0.29) is 5.56 Å². The quantitative estimate of drug-likeness (QED) is 0.807. The predicted molar refractivity (Wildman–Crippen MR) is 64.7 cm³/mol. The highest BCUT2D eigenvalue weighted by molar-refractivity contribution is 5.80. The number of benzene rings is 1.